The standard InChI is InChI=1S/C14H16O4S/c1-9-6-5-7-10-8-11(18-12(9)10)13(15)14(2,3)19(4,16)17/h5-8H,1-4H3. The highest BCUT2D eigenvalue weighted by Gasteiger charge is 2.40. The normalized spacial score (nSPS) is 12.8. The summed E-state index contributed by atoms with van der Waals surface area (Å²) in [7, 11) is -3.51. The molecule has 0 aliphatic rings. The molecular weight excluding hydrogens is 264 g/mol. The van der Waals surface area contributed by atoms with Gasteiger partial charge in [0.15, 0.2) is 15.6 Å². The third-order valence-electron chi connectivity index (χ3n) is 3.44. The first-order valence-electron chi connectivity index (χ1n) is 5.88. The van der Waals surface area contributed by atoms with Crippen LogP contribution in [0.5, 0.6) is 0 Å². The van der Waals surface area contributed by atoms with Gasteiger partial charge in [0.05, 0.1) is 0 Å². The van der Waals surface area contributed by atoms with E-state index >= 15 is 0 Å². The molecule has 0 radical (unpaired) electrons. The van der Waals surface area contributed by atoms with Crippen LogP contribution < -0.4 is 0 Å². The predicted molar refractivity (Wildman–Crippen MR) is 74.2 cm³/mol. The van der Waals surface area contributed by atoms with Gasteiger partial charge in [0.2, 0.25) is 5.78 Å². The highest BCUT2D eigenvalue weighted by molar-refractivity contribution is 7.92. The quantitative estimate of drug-likeness (QED) is 0.811. The highest BCUT2D eigenvalue weighted by Crippen LogP contribution is 2.27. The largest absolute Gasteiger partial charge is 0.453 e. The first kappa shape index (κ1) is 13.8. The topological polar surface area (TPSA) is 64.3 Å². The highest BCUT2D eigenvalue weighted by atomic mass is 32.2. The summed E-state index contributed by atoms with van der Waals surface area (Å²) in [5, 5.41) is 0.799. The smallest absolute Gasteiger partial charge is 0.218 e. The van der Waals surface area contributed by atoms with E-state index in [4.69, 9.17) is 4.42 Å². The summed E-state index contributed by atoms with van der Waals surface area (Å²) in [5.74, 6) is -0.440. The summed E-state index contributed by atoms with van der Waals surface area (Å²) in [5.41, 5.74) is 1.53. The van der Waals surface area contributed by atoms with Gasteiger partial charge in [-0.2, -0.15) is 0 Å². The molecule has 19 heavy (non-hydrogen) atoms. The number of fused-ring (bicyclic) bond motifs is 1. The molecule has 0 saturated heterocycles. The van der Waals surface area contributed by atoms with Crippen molar-refractivity contribution in [1.82, 2.24) is 0 Å². The van der Waals surface area contributed by atoms with Crippen LogP contribution in [0, 0.1) is 6.92 Å². The van der Waals surface area contributed by atoms with E-state index in [9.17, 15) is 13.2 Å². The third kappa shape index (κ3) is 2.18. The maximum absolute atomic E-state index is 12.3. The maximum atomic E-state index is 12.3. The zero-order valence-corrected chi connectivity index (χ0v) is 12.2. The Morgan fingerprint density at radius 2 is 1.89 bits per heavy atom. The van der Waals surface area contributed by atoms with E-state index in [1.54, 1.807) is 6.07 Å². The molecule has 1 heterocycles. The lowest BCUT2D eigenvalue weighted by Gasteiger charge is -2.19. The van der Waals surface area contributed by atoms with E-state index in [-0.39, 0.29) is 5.76 Å². The molecule has 5 heteroatoms. The minimum absolute atomic E-state index is 0.0831. The summed E-state index contributed by atoms with van der Waals surface area (Å²) in [4.78, 5) is 12.3. The van der Waals surface area contributed by atoms with Crippen molar-refractivity contribution >= 4 is 26.6 Å². The van der Waals surface area contributed by atoms with E-state index in [0.29, 0.717) is 5.58 Å². The van der Waals surface area contributed by atoms with Crippen LogP contribution in [0.2, 0.25) is 0 Å². The SMILES string of the molecule is Cc1cccc2cc(C(=O)C(C)(C)S(C)(=O)=O)oc12. The second-order valence-corrected chi connectivity index (χ2v) is 7.78. The van der Waals surface area contributed by atoms with Crippen LogP contribution in [0.15, 0.2) is 28.7 Å². The van der Waals surface area contributed by atoms with Gasteiger partial charge < -0.3 is 4.42 Å². The van der Waals surface area contributed by atoms with E-state index in [1.807, 2.05) is 25.1 Å². The Balaban J connectivity index is 2.57. The molecule has 1 aromatic carbocycles. The number of ketones is 1. The molecule has 0 amide bonds. The number of hydrogen-bond donors (Lipinski definition) is 0. The molecule has 0 aliphatic carbocycles. The van der Waals surface area contributed by atoms with Crippen LogP contribution in [-0.4, -0.2) is 25.2 Å². The number of hydrogen-bond acceptors (Lipinski definition) is 4. The Labute approximate surface area is 112 Å². The lowest BCUT2D eigenvalue weighted by atomic mass is 10.1. The number of furan rings is 1. The average Bonchev–Trinajstić information content (AvgIpc) is 2.71. The van der Waals surface area contributed by atoms with Crippen molar-refractivity contribution in [1.29, 1.82) is 0 Å². The van der Waals surface area contributed by atoms with Crippen LogP contribution in [0.3, 0.4) is 0 Å². The Morgan fingerprint density at radius 1 is 1.26 bits per heavy atom. The lowest BCUT2D eigenvalue weighted by molar-refractivity contribution is 0.0928. The molecule has 2 rings (SSSR count). The molecule has 0 atom stereocenters. The van der Waals surface area contributed by atoms with Crippen LogP contribution in [0.4, 0.5) is 0 Å². The number of rotatable bonds is 3. The lowest BCUT2D eigenvalue weighted by Crippen LogP contribution is -2.39. The minimum Gasteiger partial charge on any atom is -0.453 e. The Morgan fingerprint density at radius 3 is 2.42 bits per heavy atom. The van der Waals surface area contributed by atoms with Crippen molar-refractivity contribution in [3.8, 4) is 0 Å². The molecule has 0 saturated carbocycles. The molecule has 0 aliphatic heterocycles. The zero-order chi connectivity index (χ0) is 14.4. The van der Waals surface area contributed by atoms with Gasteiger partial charge in [0.1, 0.15) is 10.3 Å². The average molecular weight is 280 g/mol. The van der Waals surface area contributed by atoms with Crippen LogP contribution in [0.25, 0.3) is 11.0 Å². The summed E-state index contributed by atoms with van der Waals surface area (Å²) >= 11 is 0. The predicted octanol–water partition coefficient (Wildman–Crippen LogP) is 2.75. The molecule has 0 unspecified atom stereocenters. The summed E-state index contributed by atoms with van der Waals surface area (Å²) < 4.78 is 27.4. The molecule has 102 valence electrons. The zero-order valence-electron chi connectivity index (χ0n) is 11.4. The Hall–Kier alpha value is -1.62. The number of aryl methyl sites for hydroxylation is 1. The molecule has 0 fully saturated rings. The van der Waals surface area contributed by atoms with E-state index in [2.05, 4.69) is 0 Å². The number of sulfone groups is 1. The number of carbonyl (C=O) groups excluding carboxylic acids is 1. The number of benzene rings is 1. The third-order valence-corrected chi connectivity index (χ3v) is 5.48. The van der Waals surface area contributed by atoms with Crippen LogP contribution in [0.1, 0.15) is 30.0 Å². The van der Waals surface area contributed by atoms with Gasteiger partial charge in [-0.05, 0) is 32.4 Å². The monoisotopic (exact) mass is 280 g/mol. The van der Waals surface area contributed by atoms with Gasteiger partial charge >= 0.3 is 0 Å². The van der Waals surface area contributed by atoms with Crippen molar-refractivity contribution < 1.29 is 17.6 Å². The number of Topliss-reactive ketones (excluding diaryl/α,β-unsaturated/α-hetero) is 1. The molecule has 0 spiro atoms. The van der Waals surface area contributed by atoms with Crippen molar-refractivity contribution in [2.45, 2.75) is 25.5 Å². The first-order valence-corrected chi connectivity index (χ1v) is 7.77. The van der Waals surface area contributed by atoms with Gasteiger partial charge in [-0.1, -0.05) is 18.2 Å². The molecule has 1 aromatic heterocycles. The fourth-order valence-electron chi connectivity index (χ4n) is 1.79. The second-order valence-electron chi connectivity index (χ2n) is 5.22. The van der Waals surface area contributed by atoms with Gasteiger partial charge in [0, 0.05) is 11.6 Å². The van der Waals surface area contributed by atoms with Crippen LogP contribution in [-0.2, 0) is 9.84 Å². The molecule has 0 bridgehead atoms. The summed E-state index contributed by atoms with van der Waals surface area (Å²) in [6.07, 6.45) is 1.05. The van der Waals surface area contributed by atoms with Gasteiger partial charge in [-0.25, -0.2) is 8.42 Å². The van der Waals surface area contributed by atoms with E-state index in [0.717, 1.165) is 17.2 Å². The van der Waals surface area contributed by atoms with Gasteiger partial charge in [0.25, 0.3) is 0 Å². The molecule has 4 nitrogen and oxygen atoms in total. The number of carbonyl (C=O) groups is 1. The fourth-order valence-corrected chi connectivity index (χ4v) is 2.22. The summed E-state index contributed by atoms with van der Waals surface area (Å²) in [6.45, 7) is 4.66. The first-order chi connectivity index (χ1) is 8.64. The molecule has 2 aromatic rings. The maximum Gasteiger partial charge on any atom is 0.218 e. The van der Waals surface area contributed by atoms with Crippen LogP contribution >= 0.6 is 0 Å². The summed E-state index contributed by atoms with van der Waals surface area (Å²) in [6, 6.07) is 7.17. The Bertz CT molecular complexity index is 751. The van der Waals surface area contributed by atoms with E-state index < -0.39 is 20.4 Å². The fraction of sp³-hybridized carbons (Fsp3) is 0.357. The van der Waals surface area contributed by atoms with Crippen molar-refractivity contribution in [2.24, 2.45) is 0 Å². The number of para-hydroxylation sites is 1. The second kappa shape index (κ2) is 4.20. The molecule has 0 N–H and O–H groups in total. The van der Waals surface area contributed by atoms with Crippen molar-refractivity contribution in [3.63, 3.8) is 0 Å². The Kier molecular flexibility index (Phi) is 3.05. The van der Waals surface area contributed by atoms with E-state index in [1.165, 1.54) is 13.8 Å². The van der Waals surface area contributed by atoms with Gasteiger partial charge in [-0.15, -0.1) is 0 Å². The van der Waals surface area contributed by atoms with Crippen molar-refractivity contribution in [2.75, 3.05) is 6.26 Å². The van der Waals surface area contributed by atoms with Crippen molar-refractivity contribution in [3.05, 3.63) is 35.6 Å². The van der Waals surface area contributed by atoms with Gasteiger partial charge in [-0.3, -0.25) is 4.79 Å². The molecular formula is C14H16O4S. The minimum atomic E-state index is -3.51.